The lowest BCUT2D eigenvalue weighted by Crippen LogP contribution is -1.89. The topological polar surface area (TPSA) is 0 Å². The molecule has 0 atom stereocenters. The summed E-state index contributed by atoms with van der Waals surface area (Å²) >= 11 is 7.67. The summed E-state index contributed by atoms with van der Waals surface area (Å²) in [7, 11) is 0. The molecule has 1 aromatic rings. The third kappa shape index (κ3) is 1.57. The summed E-state index contributed by atoms with van der Waals surface area (Å²) in [6, 6.07) is 2.13. The van der Waals surface area contributed by atoms with Crippen molar-refractivity contribution in [3.63, 3.8) is 0 Å². The summed E-state index contributed by atoms with van der Waals surface area (Å²) in [6.45, 7) is 0. The molecular formula is C10H11ClS. The zero-order valence-corrected chi connectivity index (χ0v) is 8.42. The van der Waals surface area contributed by atoms with E-state index in [1.165, 1.54) is 36.8 Å². The Kier molecular flexibility index (Phi) is 2.52. The van der Waals surface area contributed by atoms with E-state index in [-0.39, 0.29) is 0 Å². The van der Waals surface area contributed by atoms with E-state index in [2.05, 4.69) is 17.5 Å². The van der Waals surface area contributed by atoms with Gasteiger partial charge in [-0.15, -0.1) is 11.3 Å². The van der Waals surface area contributed by atoms with Crippen molar-refractivity contribution in [3.8, 4) is 0 Å². The number of hydrogen-bond acceptors (Lipinski definition) is 1. The van der Waals surface area contributed by atoms with Crippen LogP contribution < -0.4 is 0 Å². The van der Waals surface area contributed by atoms with Gasteiger partial charge in [-0.1, -0.05) is 17.7 Å². The molecule has 0 saturated carbocycles. The molecule has 0 saturated heterocycles. The number of allylic oxidation sites excluding steroid dienone is 2. The molecular weight excluding hydrogens is 188 g/mol. The fourth-order valence-corrected chi connectivity index (χ4v) is 2.60. The van der Waals surface area contributed by atoms with Crippen LogP contribution in [0.15, 0.2) is 17.5 Å². The van der Waals surface area contributed by atoms with Gasteiger partial charge in [0.05, 0.1) is 0 Å². The second-order valence-corrected chi connectivity index (χ2v) is 4.60. The van der Waals surface area contributed by atoms with E-state index in [1.807, 2.05) is 0 Å². The monoisotopic (exact) mass is 198 g/mol. The molecule has 0 spiro atoms. The molecule has 0 unspecified atom stereocenters. The highest BCUT2D eigenvalue weighted by Crippen LogP contribution is 2.34. The molecule has 1 aliphatic carbocycles. The molecule has 2 rings (SSSR count). The maximum atomic E-state index is 6.05. The molecule has 1 aliphatic rings. The molecule has 0 bridgehead atoms. The van der Waals surface area contributed by atoms with Crippen LogP contribution in [0.5, 0.6) is 0 Å². The molecule has 0 aromatic carbocycles. The Morgan fingerprint density at radius 1 is 1.33 bits per heavy atom. The van der Waals surface area contributed by atoms with Crippen LogP contribution in [0.1, 0.15) is 31.2 Å². The van der Waals surface area contributed by atoms with E-state index < -0.39 is 0 Å². The standard InChI is InChI=1S/C10H11ClS/c11-10-9(6-7-12-10)8-4-2-1-3-5-8/h4,6-7H,1-3,5H2. The minimum Gasteiger partial charge on any atom is -0.131 e. The highest BCUT2D eigenvalue weighted by molar-refractivity contribution is 7.14. The SMILES string of the molecule is Clc1sccc1C1=CCCCC1. The summed E-state index contributed by atoms with van der Waals surface area (Å²) in [5, 5.41) is 2.06. The van der Waals surface area contributed by atoms with Crippen LogP contribution in [0.25, 0.3) is 5.57 Å². The van der Waals surface area contributed by atoms with Crippen molar-refractivity contribution in [1.82, 2.24) is 0 Å². The summed E-state index contributed by atoms with van der Waals surface area (Å²) < 4.78 is 0.947. The van der Waals surface area contributed by atoms with Crippen molar-refractivity contribution in [3.05, 3.63) is 27.4 Å². The minimum atomic E-state index is 0.947. The second kappa shape index (κ2) is 3.63. The Morgan fingerprint density at radius 2 is 2.25 bits per heavy atom. The van der Waals surface area contributed by atoms with Crippen LogP contribution >= 0.6 is 22.9 Å². The Labute approximate surface area is 81.9 Å². The first-order valence-electron chi connectivity index (χ1n) is 4.30. The van der Waals surface area contributed by atoms with Gasteiger partial charge >= 0.3 is 0 Å². The summed E-state index contributed by atoms with van der Waals surface area (Å²) in [5.74, 6) is 0. The van der Waals surface area contributed by atoms with Gasteiger partial charge in [0.15, 0.2) is 0 Å². The van der Waals surface area contributed by atoms with Crippen molar-refractivity contribution < 1.29 is 0 Å². The highest BCUT2D eigenvalue weighted by Gasteiger charge is 2.09. The van der Waals surface area contributed by atoms with Crippen molar-refractivity contribution in [2.75, 3.05) is 0 Å². The normalized spacial score (nSPS) is 17.6. The van der Waals surface area contributed by atoms with Gasteiger partial charge in [-0.2, -0.15) is 0 Å². The first-order chi connectivity index (χ1) is 5.88. The Hall–Kier alpha value is -0.270. The van der Waals surface area contributed by atoms with Crippen molar-refractivity contribution in [2.24, 2.45) is 0 Å². The molecule has 64 valence electrons. The maximum absolute atomic E-state index is 6.05. The lowest BCUT2D eigenvalue weighted by Gasteiger charge is -2.11. The van der Waals surface area contributed by atoms with Crippen LogP contribution in [-0.2, 0) is 0 Å². The molecule has 0 N–H and O–H groups in total. The zero-order chi connectivity index (χ0) is 8.39. The average molecular weight is 199 g/mol. The van der Waals surface area contributed by atoms with Gasteiger partial charge in [-0.05, 0) is 42.7 Å². The Balaban J connectivity index is 2.29. The maximum Gasteiger partial charge on any atom is 0.100 e. The van der Waals surface area contributed by atoms with Crippen molar-refractivity contribution >= 4 is 28.5 Å². The quantitative estimate of drug-likeness (QED) is 0.629. The van der Waals surface area contributed by atoms with Gasteiger partial charge in [0.1, 0.15) is 4.34 Å². The lowest BCUT2D eigenvalue weighted by molar-refractivity contribution is 0.742. The van der Waals surface area contributed by atoms with E-state index in [9.17, 15) is 0 Å². The van der Waals surface area contributed by atoms with Crippen LogP contribution in [0.2, 0.25) is 4.34 Å². The highest BCUT2D eigenvalue weighted by atomic mass is 35.5. The molecule has 1 aromatic heterocycles. The van der Waals surface area contributed by atoms with E-state index >= 15 is 0 Å². The van der Waals surface area contributed by atoms with Gasteiger partial charge in [0.25, 0.3) is 0 Å². The van der Waals surface area contributed by atoms with Crippen molar-refractivity contribution in [2.45, 2.75) is 25.7 Å². The molecule has 12 heavy (non-hydrogen) atoms. The lowest BCUT2D eigenvalue weighted by atomic mass is 9.96. The van der Waals surface area contributed by atoms with Crippen LogP contribution in [0.4, 0.5) is 0 Å². The fourth-order valence-electron chi connectivity index (χ4n) is 1.61. The zero-order valence-electron chi connectivity index (χ0n) is 6.85. The van der Waals surface area contributed by atoms with Gasteiger partial charge < -0.3 is 0 Å². The number of halogens is 1. The van der Waals surface area contributed by atoms with Crippen LogP contribution in [0.3, 0.4) is 0 Å². The molecule has 2 heteroatoms. The number of thiophene rings is 1. The van der Waals surface area contributed by atoms with E-state index in [1.54, 1.807) is 11.3 Å². The van der Waals surface area contributed by atoms with Crippen molar-refractivity contribution in [1.29, 1.82) is 0 Å². The molecule has 1 heterocycles. The third-order valence-electron chi connectivity index (χ3n) is 2.25. The van der Waals surface area contributed by atoms with Gasteiger partial charge in [-0.3, -0.25) is 0 Å². The van der Waals surface area contributed by atoms with E-state index in [0.717, 1.165) is 4.34 Å². The number of hydrogen-bond donors (Lipinski definition) is 0. The van der Waals surface area contributed by atoms with Gasteiger partial charge in [0.2, 0.25) is 0 Å². The average Bonchev–Trinajstić information content (AvgIpc) is 2.53. The first-order valence-corrected chi connectivity index (χ1v) is 5.56. The minimum absolute atomic E-state index is 0.947. The van der Waals surface area contributed by atoms with E-state index in [0.29, 0.717) is 0 Å². The molecule has 0 radical (unpaired) electrons. The van der Waals surface area contributed by atoms with Gasteiger partial charge in [-0.25, -0.2) is 0 Å². The Bertz CT molecular complexity index is 299. The molecule has 0 nitrogen and oxygen atoms in total. The van der Waals surface area contributed by atoms with Crippen LogP contribution in [0, 0.1) is 0 Å². The largest absolute Gasteiger partial charge is 0.131 e. The predicted octanol–water partition coefficient (Wildman–Crippen LogP) is 4.36. The second-order valence-electron chi connectivity index (χ2n) is 3.08. The molecule has 0 fully saturated rings. The van der Waals surface area contributed by atoms with Crippen LogP contribution in [-0.4, -0.2) is 0 Å². The summed E-state index contributed by atoms with van der Waals surface area (Å²) in [5.41, 5.74) is 2.72. The summed E-state index contributed by atoms with van der Waals surface area (Å²) in [6.07, 6.45) is 7.42. The molecule has 0 amide bonds. The predicted molar refractivity (Wildman–Crippen MR) is 55.8 cm³/mol. The Morgan fingerprint density at radius 3 is 2.83 bits per heavy atom. The van der Waals surface area contributed by atoms with E-state index in [4.69, 9.17) is 11.6 Å². The van der Waals surface area contributed by atoms with Gasteiger partial charge in [0, 0.05) is 5.56 Å². The number of rotatable bonds is 1. The smallest absolute Gasteiger partial charge is 0.100 e. The first kappa shape index (κ1) is 8.33. The fraction of sp³-hybridized carbons (Fsp3) is 0.400. The third-order valence-corrected chi connectivity index (χ3v) is 3.42. The molecule has 0 aliphatic heterocycles. The summed E-state index contributed by atoms with van der Waals surface area (Å²) in [4.78, 5) is 0.